The summed E-state index contributed by atoms with van der Waals surface area (Å²) >= 11 is 3.21. The largest absolute Gasteiger partial charge is 0.398 e. The zero-order valence-electron chi connectivity index (χ0n) is 10.1. The van der Waals surface area contributed by atoms with Crippen molar-refractivity contribution in [3.05, 3.63) is 28.0 Å². The molecule has 0 atom stereocenters. The molecule has 0 aliphatic heterocycles. The summed E-state index contributed by atoms with van der Waals surface area (Å²) in [6, 6.07) is 2.90. The molecule has 9 heteroatoms. The summed E-state index contributed by atoms with van der Waals surface area (Å²) in [4.78, 5) is 3.84. The lowest BCUT2D eigenvalue weighted by molar-refractivity contribution is 0.429. The lowest BCUT2D eigenvalue weighted by Gasteiger charge is -2.10. The summed E-state index contributed by atoms with van der Waals surface area (Å²) in [6.07, 6.45) is 0. The van der Waals surface area contributed by atoms with Crippen molar-refractivity contribution in [3.8, 4) is 0 Å². The van der Waals surface area contributed by atoms with Gasteiger partial charge in [0.2, 0.25) is 0 Å². The molecule has 7 nitrogen and oxygen atoms in total. The summed E-state index contributed by atoms with van der Waals surface area (Å²) in [7, 11) is -3.83. The normalized spacial score (nSPS) is 11.5. The highest BCUT2D eigenvalue weighted by Gasteiger charge is 2.21. The van der Waals surface area contributed by atoms with Gasteiger partial charge < -0.3 is 10.3 Å². The Balaban J connectivity index is 2.45. The molecule has 0 unspecified atom stereocenters. The van der Waals surface area contributed by atoms with Gasteiger partial charge in [-0.2, -0.15) is 4.98 Å². The molecule has 102 valence electrons. The first kappa shape index (κ1) is 13.8. The molecule has 0 spiro atoms. The van der Waals surface area contributed by atoms with Crippen LogP contribution >= 0.6 is 15.9 Å². The van der Waals surface area contributed by atoms with E-state index in [0.717, 1.165) is 0 Å². The van der Waals surface area contributed by atoms with E-state index >= 15 is 0 Å². The highest BCUT2D eigenvalue weighted by Crippen LogP contribution is 2.27. The number of sulfonamides is 1. The van der Waals surface area contributed by atoms with Crippen LogP contribution in [0.4, 0.5) is 11.7 Å². The van der Waals surface area contributed by atoms with Gasteiger partial charge in [-0.25, -0.2) is 13.1 Å². The van der Waals surface area contributed by atoms with Crippen molar-refractivity contribution in [1.82, 2.24) is 10.1 Å². The average Bonchev–Trinajstić information content (AvgIpc) is 2.68. The van der Waals surface area contributed by atoms with Gasteiger partial charge in [-0.15, -0.1) is 0 Å². The lowest BCUT2D eigenvalue weighted by atomic mass is 10.2. The van der Waals surface area contributed by atoms with Crippen molar-refractivity contribution in [2.24, 2.45) is 0 Å². The smallest absolute Gasteiger partial charge is 0.335 e. The van der Waals surface area contributed by atoms with Crippen LogP contribution in [0.2, 0.25) is 0 Å². The molecule has 2 aromatic rings. The van der Waals surface area contributed by atoms with Crippen molar-refractivity contribution >= 4 is 37.7 Å². The SMILES string of the molecule is Cc1noc(NS(=O)(=O)c2cc(Br)cc(N)c2C)n1. The molecular weight excluding hydrogens is 336 g/mol. The average molecular weight is 347 g/mol. The quantitative estimate of drug-likeness (QED) is 0.820. The maximum absolute atomic E-state index is 12.2. The molecule has 1 heterocycles. The first-order chi connectivity index (χ1) is 8.79. The van der Waals surface area contributed by atoms with Crippen LogP contribution in [0.25, 0.3) is 0 Å². The van der Waals surface area contributed by atoms with E-state index in [9.17, 15) is 8.42 Å². The van der Waals surface area contributed by atoms with Crippen LogP contribution in [0, 0.1) is 13.8 Å². The number of nitrogens with two attached hydrogens (primary N) is 1. The Bertz CT molecular complexity index is 726. The number of nitrogens with zero attached hydrogens (tertiary/aromatic N) is 2. The van der Waals surface area contributed by atoms with Gasteiger partial charge in [0.25, 0.3) is 10.0 Å². The van der Waals surface area contributed by atoms with Crippen LogP contribution in [-0.4, -0.2) is 18.6 Å². The molecule has 0 fully saturated rings. The lowest BCUT2D eigenvalue weighted by Crippen LogP contribution is -2.15. The molecule has 0 radical (unpaired) electrons. The second kappa shape index (κ2) is 4.82. The van der Waals surface area contributed by atoms with Gasteiger partial charge in [-0.3, -0.25) is 0 Å². The molecule has 2 rings (SSSR count). The second-order valence-electron chi connectivity index (χ2n) is 3.87. The first-order valence-electron chi connectivity index (χ1n) is 5.18. The number of aromatic nitrogens is 2. The summed E-state index contributed by atoms with van der Waals surface area (Å²) in [6.45, 7) is 3.21. The Kier molecular flexibility index (Phi) is 3.50. The van der Waals surface area contributed by atoms with Gasteiger partial charge in [0, 0.05) is 10.2 Å². The van der Waals surface area contributed by atoms with E-state index in [1.54, 1.807) is 19.9 Å². The Morgan fingerprint density at radius 1 is 1.37 bits per heavy atom. The number of rotatable bonds is 3. The third-order valence-corrected chi connectivity index (χ3v) is 4.31. The van der Waals surface area contributed by atoms with Crippen molar-refractivity contribution in [2.45, 2.75) is 18.7 Å². The Morgan fingerprint density at radius 2 is 2.05 bits per heavy atom. The predicted octanol–water partition coefficient (Wildman–Crippen LogP) is 1.83. The van der Waals surface area contributed by atoms with Gasteiger partial charge in [0.05, 0.1) is 4.90 Å². The third kappa shape index (κ3) is 2.87. The van der Waals surface area contributed by atoms with E-state index in [4.69, 9.17) is 10.3 Å². The number of hydrogen-bond donors (Lipinski definition) is 2. The second-order valence-corrected chi connectivity index (χ2v) is 6.44. The van der Waals surface area contributed by atoms with Crippen LogP contribution in [0.5, 0.6) is 0 Å². The number of halogens is 1. The number of nitrogen functional groups attached to an aromatic ring is 1. The molecule has 0 saturated carbocycles. The Morgan fingerprint density at radius 3 is 2.63 bits per heavy atom. The maximum Gasteiger partial charge on any atom is 0.335 e. The molecule has 0 aliphatic rings. The highest BCUT2D eigenvalue weighted by atomic mass is 79.9. The molecule has 0 bridgehead atoms. The van der Waals surface area contributed by atoms with E-state index in [1.165, 1.54) is 6.07 Å². The van der Waals surface area contributed by atoms with Crippen molar-refractivity contribution < 1.29 is 12.9 Å². The summed E-state index contributed by atoms with van der Waals surface area (Å²) in [5.74, 6) is 0.336. The summed E-state index contributed by atoms with van der Waals surface area (Å²) in [5, 5.41) is 3.50. The molecule has 0 amide bonds. The van der Waals surface area contributed by atoms with Crippen molar-refractivity contribution in [3.63, 3.8) is 0 Å². The monoisotopic (exact) mass is 346 g/mol. The predicted molar refractivity (Wildman–Crippen MR) is 73.1 cm³/mol. The standard InChI is InChI=1S/C10H11BrN4O3S/c1-5-8(12)3-7(11)4-9(5)19(16,17)15-10-13-6(2)14-18-10/h3-4H,12H2,1-2H3,(H,13,14,15). The van der Waals surface area contributed by atoms with Crippen LogP contribution in [-0.2, 0) is 10.0 Å². The van der Waals surface area contributed by atoms with Crippen molar-refractivity contribution in [1.29, 1.82) is 0 Å². The Hall–Kier alpha value is -1.61. The van der Waals surface area contributed by atoms with Gasteiger partial charge in [-0.05, 0) is 31.5 Å². The molecule has 19 heavy (non-hydrogen) atoms. The van der Waals surface area contributed by atoms with Crippen LogP contribution in [0.1, 0.15) is 11.4 Å². The molecule has 1 aromatic carbocycles. The van der Waals surface area contributed by atoms with E-state index in [1.807, 2.05) is 0 Å². The summed E-state index contributed by atoms with van der Waals surface area (Å²) in [5.41, 5.74) is 6.56. The van der Waals surface area contributed by atoms with Gasteiger partial charge in [0.15, 0.2) is 5.82 Å². The number of benzene rings is 1. The first-order valence-corrected chi connectivity index (χ1v) is 7.46. The van der Waals surface area contributed by atoms with Crippen molar-refractivity contribution in [2.75, 3.05) is 10.5 Å². The maximum atomic E-state index is 12.2. The number of aryl methyl sites for hydroxylation is 1. The topological polar surface area (TPSA) is 111 Å². The Labute approximate surface area is 118 Å². The zero-order chi connectivity index (χ0) is 14.2. The van der Waals surface area contributed by atoms with Crippen LogP contribution in [0.3, 0.4) is 0 Å². The number of nitrogens with one attached hydrogen (secondary N) is 1. The van der Waals surface area contributed by atoms with Crippen LogP contribution < -0.4 is 10.5 Å². The van der Waals surface area contributed by atoms with E-state index in [2.05, 4.69) is 30.8 Å². The molecule has 0 aliphatic carbocycles. The van der Waals surface area contributed by atoms with E-state index < -0.39 is 10.0 Å². The fourth-order valence-electron chi connectivity index (χ4n) is 1.46. The molecule has 3 N–H and O–H groups in total. The molecule has 1 aromatic heterocycles. The molecule has 0 saturated heterocycles. The van der Waals surface area contributed by atoms with E-state index in [0.29, 0.717) is 21.5 Å². The summed E-state index contributed by atoms with van der Waals surface area (Å²) < 4.78 is 31.9. The third-order valence-electron chi connectivity index (χ3n) is 2.40. The van der Waals surface area contributed by atoms with Gasteiger partial charge in [0.1, 0.15) is 0 Å². The van der Waals surface area contributed by atoms with E-state index in [-0.39, 0.29) is 10.9 Å². The van der Waals surface area contributed by atoms with Gasteiger partial charge >= 0.3 is 6.01 Å². The minimum atomic E-state index is -3.83. The van der Waals surface area contributed by atoms with Crippen LogP contribution in [0.15, 0.2) is 26.0 Å². The fraction of sp³-hybridized carbons (Fsp3) is 0.200. The number of hydrogen-bond acceptors (Lipinski definition) is 6. The van der Waals surface area contributed by atoms with Gasteiger partial charge in [-0.1, -0.05) is 21.1 Å². The number of anilines is 2. The zero-order valence-corrected chi connectivity index (χ0v) is 12.5. The minimum Gasteiger partial charge on any atom is -0.398 e. The fourth-order valence-corrected chi connectivity index (χ4v) is 3.31. The molecular formula is C10H11BrN4O3S. The minimum absolute atomic E-state index is 0.0511. The highest BCUT2D eigenvalue weighted by molar-refractivity contribution is 9.10.